The first-order valence-electron chi connectivity index (χ1n) is 21.8. The van der Waals surface area contributed by atoms with E-state index in [2.05, 4.69) is 82.3 Å². The third-order valence-corrected chi connectivity index (χ3v) is 25.3. The molecule has 14 atom stereocenters. The molecule has 14 unspecified atom stereocenters. The van der Waals surface area contributed by atoms with E-state index in [9.17, 15) is 0 Å². The maximum Gasteiger partial charge on any atom is 0.0547 e. The smallest absolute Gasteiger partial charge is 0.0547 e. The summed E-state index contributed by atoms with van der Waals surface area (Å²) in [6.45, 7) is 33.1. The summed E-state index contributed by atoms with van der Waals surface area (Å²) in [5.74, 6) is 14.3. The van der Waals surface area contributed by atoms with Crippen molar-refractivity contribution in [3.63, 3.8) is 0 Å². The van der Waals surface area contributed by atoms with Crippen molar-refractivity contribution in [3.05, 3.63) is 0 Å². The van der Waals surface area contributed by atoms with Gasteiger partial charge in [-0.05, 0) is 193 Å². The fraction of sp³-hybridized carbons (Fsp3) is 1.00. The Bertz CT molecular complexity index is 1100. The molecule has 0 nitrogen and oxygen atoms in total. The summed E-state index contributed by atoms with van der Waals surface area (Å²) in [6, 6.07) is 0. The van der Waals surface area contributed by atoms with Gasteiger partial charge < -0.3 is 0 Å². The van der Waals surface area contributed by atoms with E-state index < -0.39 is 8.07 Å². The molecule has 8 rings (SSSR count). The zero-order valence-electron chi connectivity index (χ0n) is 33.6. The van der Waals surface area contributed by atoms with Crippen molar-refractivity contribution < 1.29 is 0 Å². The van der Waals surface area contributed by atoms with Gasteiger partial charge in [0.2, 0.25) is 0 Å². The number of hydrogen-bond acceptors (Lipinski definition) is 0. The molecule has 1 heteroatoms. The van der Waals surface area contributed by atoms with E-state index in [0.29, 0.717) is 21.7 Å². The topological polar surface area (TPSA) is 0 Å². The van der Waals surface area contributed by atoms with E-state index in [1.54, 1.807) is 64.2 Å². The van der Waals surface area contributed by atoms with Crippen molar-refractivity contribution >= 4 is 8.07 Å². The third kappa shape index (κ3) is 5.17. The molecule has 8 aliphatic rings. The van der Waals surface area contributed by atoms with Crippen LogP contribution in [0.25, 0.3) is 0 Å². The van der Waals surface area contributed by atoms with Gasteiger partial charge in [0.05, 0.1) is 8.07 Å². The maximum absolute atomic E-state index is 3.08. The highest BCUT2D eigenvalue weighted by Crippen LogP contribution is 2.75. The van der Waals surface area contributed by atoms with Crippen molar-refractivity contribution in [1.29, 1.82) is 0 Å². The molecule has 268 valence electrons. The summed E-state index contributed by atoms with van der Waals surface area (Å²) in [4.78, 5) is 0. The van der Waals surface area contributed by atoms with Crippen LogP contribution in [0.15, 0.2) is 0 Å². The molecule has 0 aromatic carbocycles. The van der Waals surface area contributed by atoms with Gasteiger partial charge in [-0.2, -0.15) is 0 Å². The average Bonchev–Trinajstić information content (AvgIpc) is 3.49. The minimum atomic E-state index is -1.59. The van der Waals surface area contributed by atoms with Crippen molar-refractivity contribution in [3.8, 4) is 0 Å². The van der Waals surface area contributed by atoms with Gasteiger partial charge in [-0.25, -0.2) is 0 Å². The Morgan fingerprint density at radius 3 is 0.979 bits per heavy atom. The van der Waals surface area contributed by atoms with Crippen LogP contribution in [0, 0.1) is 105 Å². The molecule has 0 aliphatic heterocycles. The lowest BCUT2D eigenvalue weighted by Gasteiger charge is -2.59. The Morgan fingerprint density at radius 2 is 0.638 bits per heavy atom. The van der Waals surface area contributed by atoms with Crippen LogP contribution >= 0.6 is 0 Å². The zero-order valence-corrected chi connectivity index (χ0v) is 34.6. The number of fused-ring (bicyclic) bond motifs is 8. The molecule has 0 bridgehead atoms. The summed E-state index contributed by atoms with van der Waals surface area (Å²) >= 11 is 0. The van der Waals surface area contributed by atoms with Crippen molar-refractivity contribution in [2.75, 3.05) is 0 Å². The van der Waals surface area contributed by atoms with Gasteiger partial charge in [-0.1, -0.05) is 95.2 Å². The van der Waals surface area contributed by atoms with Crippen LogP contribution in [-0.4, -0.2) is 8.07 Å². The van der Waals surface area contributed by atoms with E-state index in [1.165, 1.54) is 25.7 Å². The molecule has 0 aromatic heterocycles. The van der Waals surface area contributed by atoms with Gasteiger partial charge >= 0.3 is 0 Å². The first-order chi connectivity index (χ1) is 21.8. The van der Waals surface area contributed by atoms with E-state index >= 15 is 0 Å². The Kier molecular flexibility index (Phi) is 8.11. The van der Waals surface area contributed by atoms with Gasteiger partial charge in [-0.3, -0.25) is 0 Å². The monoisotopic (exact) mass is 661 g/mol. The molecule has 0 heterocycles. The predicted molar refractivity (Wildman–Crippen MR) is 205 cm³/mol. The van der Waals surface area contributed by atoms with E-state index in [4.69, 9.17) is 0 Å². The minimum absolute atomic E-state index is 0.537. The molecule has 8 aliphatic carbocycles. The van der Waals surface area contributed by atoms with Gasteiger partial charge in [0.1, 0.15) is 0 Å². The van der Waals surface area contributed by atoms with Crippen LogP contribution in [0.2, 0.25) is 24.2 Å². The Morgan fingerprint density at radius 1 is 0.362 bits per heavy atom. The van der Waals surface area contributed by atoms with Gasteiger partial charge in [-0.15, -0.1) is 0 Å². The molecule has 8 saturated carbocycles. The molecular weight excluding hydrogens is 581 g/mol. The van der Waals surface area contributed by atoms with Crippen LogP contribution in [0.1, 0.15) is 159 Å². The third-order valence-electron chi connectivity index (χ3n) is 20.1. The summed E-state index contributed by atoms with van der Waals surface area (Å²) in [5.41, 5.74) is 4.38. The molecule has 8 fully saturated rings. The fourth-order valence-electron chi connectivity index (χ4n) is 17.7. The Balaban J connectivity index is 1.22. The molecule has 0 radical (unpaired) electrons. The average molecular weight is 661 g/mol. The Hall–Kier alpha value is 0.217. The molecule has 47 heavy (non-hydrogen) atoms. The molecule has 0 spiro atoms. The lowest BCUT2D eigenvalue weighted by atomic mass is 9.46. The van der Waals surface area contributed by atoms with Crippen molar-refractivity contribution in [2.45, 2.75) is 183 Å². The SMILES string of the molecule is CC1CCC2C(C1)C1CC(C)CCC1C2[Si](C)(C)C1C2CC3C(CC2C2CC4C(CC21)C(C)(C)CCC4(C)C)C(C)(C)CCC3(C)C. The van der Waals surface area contributed by atoms with Gasteiger partial charge in [0.15, 0.2) is 0 Å². The molecular formula is C46H80Si. The second-order valence-corrected chi connectivity index (χ2v) is 29.3. The predicted octanol–water partition coefficient (Wildman–Crippen LogP) is 13.8. The Labute approximate surface area is 294 Å². The van der Waals surface area contributed by atoms with E-state index in [-0.39, 0.29) is 0 Å². The second-order valence-electron chi connectivity index (χ2n) is 24.3. The first kappa shape index (κ1) is 34.3. The number of hydrogen-bond donors (Lipinski definition) is 0. The quantitative estimate of drug-likeness (QED) is 0.259. The first-order valence-corrected chi connectivity index (χ1v) is 25.0. The lowest BCUT2D eigenvalue weighted by molar-refractivity contribution is -0.0969. The zero-order chi connectivity index (χ0) is 33.6. The maximum atomic E-state index is 3.08. The van der Waals surface area contributed by atoms with Crippen LogP contribution in [0.3, 0.4) is 0 Å². The fourth-order valence-corrected chi connectivity index (χ4v) is 24.1. The number of rotatable bonds is 2. The van der Waals surface area contributed by atoms with Crippen molar-refractivity contribution in [1.82, 2.24) is 0 Å². The highest BCUT2D eigenvalue weighted by molar-refractivity contribution is 6.80. The molecule has 0 amide bonds. The van der Waals surface area contributed by atoms with Gasteiger partial charge in [0, 0.05) is 0 Å². The molecule has 0 saturated heterocycles. The van der Waals surface area contributed by atoms with Gasteiger partial charge in [0.25, 0.3) is 0 Å². The molecule has 0 N–H and O–H groups in total. The lowest BCUT2D eigenvalue weighted by Crippen LogP contribution is -2.52. The highest BCUT2D eigenvalue weighted by atomic mass is 28.3. The normalized spacial score (nSPS) is 53.9. The summed E-state index contributed by atoms with van der Waals surface area (Å²) in [5, 5.41) is 0. The van der Waals surface area contributed by atoms with E-state index in [1.807, 2.05) is 0 Å². The molecule has 0 aromatic rings. The van der Waals surface area contributed by atoms with Crippen LogP contribution in [0.4, 0.5) is 0 Å². The summed E-state index contributed by atoms with van der Waals surface area (Å²) in [6.07, 6.45) is 21.8. The minimum Gasteiger partial charge on any atom is -0.0689 e. The van der Waals surface area contributed by atoms with Crippen LogP contribution in [0.5, 0.6) is 0 Å². The van der Waals surface area contributed by atoms with Crippen molar-refractivity contribution in [2.24, 2.45) is 105 Å². The summed E-state index contributed by atoms with van der Waals surface area (Å²) < 4.78 is 0. The standard InChI is InChI=1S/C46H80Si/c1-27-13-15-29-31(21-27)32-22-28(2)14-16-30(32)41(29)47(11,12)42-35-25-39-37(43(3,4)17-19-45(39,7)8)23-33(35)34-24-38-40(26-36(34)42)46(9,10)20-18-44(38,5)6/h27-42H,13-26H2,1-12H3. The second kappa shape index (κ2) is 11.1. The highest BCUT2D eigenvalue weighted by Gasteiger charge is 2.68. The van der Waals surface area contributed by atoms with E-state index in [0.717, 1.165) is 93.9 Å². The van der Waals surface area contributed by atoms with Crippen LogP contribution in [-0.2, 0) is 0 Å². The largest absolute Gasteiger partial charge is 0.0689 e. The van der Waals surface area contributed by atoms with Crippen LogP contribution < -0.4 is 0 Å². The summed E-state index contributed by atoms with van der Waals surface area (Å²) in [7, 11) is -1.59.